The van der Waals surface area contributed by atoms with Crippen molar-refractivity contribution in [3.8, 4) is 0 Å². The molecule has 2 aromatic carbocycles. The molecule has 0 aromatic heterocycles. The first-order valence-electron chi connectivity index (χ1n) is 7.76. The molecular weight excluding hydrogens is 416 g/mol. The van der Waals surface area contributed by atoms with Gasteiger partial charge in [0.1, 0.15) is 4.90 Å². The monoisotopic (exact) mass is 430 g/mol. The van der Waals surface area contributed by atoms with Crippen LogP contribution in [0.4, 0.5) is 11.4 Å². The van der Waals surface area contributed by atoms with Crippen molar-refractivity contribution >= 4 is 49.0 Å². The summed E-state index contributed by atoms with van der Waals surface area (Å²) in [6.07, 6.45) is 0.533. The first-order chi connectivity index (χ1) is 12.6. The van der Waals surface area contributed by atoms with Gasteiger partial charge in [-0.15, -0.1) is 0 Å². The standard InChI is InChI=1S/C16H15ClN2O6S2/c17-11-2-7-15(14(10-11)16(20)21)27(24,25)18-12-3-5-13(6-4-12)19-8-1-9-26(19,22)23/h2-7,10,18H,1,8-9H2,(H,20,21). The van der Waals surface area contributed by atoms with Gasteiger partial charge in [0.05, 0.1) is 17.0 Å². The Balaban J connectivity index is 1.88. The van der Waals surface area contributed by atoms with Crippen LogP contribution >= 0.6 is 11.6 Å². The zero-order valence-corrected chi connectivity index (χ0v) is 16.2. The van der Waals surface area contributed by atoms with E-state index in [2.05, 4.69) is 4.72 Å². The van der Waals surface area contributed by atoms with Crippen LogP contribution in [0, 0.1) is 0 Å². The minimum Gasteiger partial charge on any atom is -0.478 e. The number of carbonyl (C=O) groups is 1. The van der Waals surface area contributed by atoms with Gasteiger partial charge < -0.3 is 5.11 Å². The van der Waals surface area contributed by atoms with Crippen LogP contribution in [0.25, 0.3) is 0 Å². The number of hydrogen-bond acceptors (Lipinski definition) is 5. The maximum Gasteiger partial charge on any atom is 0.337 e. The Morgan fingerprint density at radius 3 is 2.37 bits per heavy atom. The van der Waals surface area contributed by atoms with E-state index in [1.807, 2.05) is 0 Å². The van der Waals surface area contributed by atoms with E-state index in [1.54, 1.807) is 0 Å². The van der Waals surface area contributed by atoms with Crippen LogP contribution in [0.2, 0.25) is 5.02 Å². The molecule has 0 aliphatic carbocycles. The number of hydrogen-bond donors (Lipinski definition) is 2. The molecule has 27 heavy (non-hydrogen) atoms. The number of anilines is 2. The molecule has 0 atom stereocenters. The fourth-order valence-electron chi connectivity index (χ4n) is 2.74. The van der Waals surface area contributed by atoms with E-state index >= 15 is 0 Å². The second-order valence-electron chi connectivity index (χ2n) is 5.84. The number of nitrogens with one attached hydrogen (secondary N) is 1. The maximum absolute atomic E-state index is 12.6. The van der Waals surface area contributed by atoms with Gasteiger partial charge >= 0.3 is 5.97 Å². The molecule has 8 nitrogen and oxygen atoms in total. The summed E-state index contributed by atoms with van der Waals surface area (Å²) in [5.74, 6) is -1.34. The van der Waals surface area contributed by atoms with E-state index in [0.29, 0.717) is 18.7 Å². The van der Waals surface area contributed by atoms with Gasteiger partial charge in [-0.25, -0.2) is 21.6 Å². The van der Waals surface area contributed by atoms with Gasteiger partial charge in [0.2, 0.25) is 10.0 Å². The normalized spacial score (nSPS) is 16.3. The van der Waals surface area contributed by atoms with Gasteiger partial charge in [-0.05, 0) is 48.9 Å². The predicted octanol–water partition coefficient (Wildman–Crippen LogP) is 2.38. The van der Waals surface area contributed by atoms with Crippen LogP contribution in [0.5, 0.6) is 0 Å². The maximum atomic E-state index is 12.6. The number of benzene rings is 2. The molecular formula is C16H15ClN2O6S2. The molecule has 1 aliphatic rings. The fraction of sp³-hybridized carbons (Fsp3) is 0.188. The van der Waals surface area contributed by atoms with Gasteiger partial charge in [-0.2, -0.15) is 0 Å². The molecule has 2 aromatic rings. The summed E-state index contributed by atoms with van der Waals surface area (Å²) in [6, 6.07) is 9.25. The number of aromatic carboxylic acids is 1. The molecule has 1 heterocycles. The summed E-state index contributed by atoms with van der Waals surface area (Å²) in [4.78, 5) is 10.9. The molecule has 11 heteroatoms. The van der Waals surface area contributed by atoms with Gasteiger partial charge in [0.15, 0.2) is 0 Å². The number of carboxylic acid groups (broad SMARTS) is 1. The molecule has 1 saturated heterocycles. The Hall–Kier alpha value is -2.30. The highest BCUT2D eigenvalue weighted by molar-refractivity contribution is 7.93. The largest absolute Gasteiger partial charge is 0.478 e. The summed E-state index contributed by atoms with van der Waals surface area (Å²) >= 11 is 5.74. The van der Waals surface area contributed by atoms with Crippen LogP contribution in [0.1, 0.15) is 16.8 Å². The number of rotatable bonds is 5. The van der Waals surface area contributed by atoms with Gasteiger partial charge in [-0.3, -0.25) is 9.03 Å². The van der Waals surface area contributed by atoms with Gasteiger partial charge in [0, 0.05) is 17.3 Å². The lowest BCUT2D eigenvalue weighted by molar-refractivity contribution is 0.0692. The minimum absolute atomic E-state index is 0.0793. The van der Waals surface area contributed by atoms with Crippen LogP contribution < -0.4 is 9.03 Å². The predicted molar refractivity (Wildman–Crippen MR) is 101 cm³/mol. The van der Waals surface area contributed by atoms with Crippen molar-refractivity contribution in [3.05, 3.63) is 53.1 Å². The molecule has 1 aliphatic heterocycles. The van der Waals surface area contributed by atoms with Crippen LogP contribution in [-0.2, 0) is 20.0 Å². The topological polar surface area (TPSA) is 121 Å². The summed E-state index contributed by atoms with van der Waals surface area (Å²) in [7, 11) is -7.52. The van der Waals surface area contributed by atoms with E-state index in [1.165, 1.54) is 34.6 Å². The highest BCUT2D eigenvalue weighted by Gasteiger charge is 2.28. The van der Waals surface area contributed by atoms with Crippen LogP contribution in [0.15, 0.2) is 47.4 Å². The van der Waals surface area contributed by atoms with E-state index in [9.17, 15) is 26.7 Å². The van der Waals surface area contributed by atoms with E-state index < -0.39 is 36.5 Å². The molecule has 0 radical (unpaired) electrons. The minimum atomic E-state index is -4.18. The molecule has 0 amide bonds. The van der Waals surface area contributed by atoms with Crippen molar-refractivity contribution in [2.45, 2.75) is 11.3 Å². The number of sulfonamides is 2. The Bertz CT molecular complexity index is 1100. The molecule has 0 bridgehead atoms. The average molecular weight is 431 g/mol. The summed E-state index contributed by atoms with van der Waals surface area (Å²) < 4.78 is 52.5. The smallest absolute Gasteiger partial charge is 0.337 e. The van der Waals surface area contributed by atoms with Crippen LogP contribution in [-0.4, -0.2) is 40.2 Å². The van der Waals surface area contributed by atoms with E-state index in [4.69, 9.17) is 11.6 Å². The Morgan fingerprint density at radius 1 is 1.15 bits per heavy atom. The quantitative estimate of drug-likeness (QED) is 0.751. The lowest BCUT2D eigenvalue weighted by atomic mass is 10.2. The number of halogens is 1. The second kappa shape index (κ2) is 7.02. The number of carboxylic acids is 1. The van der Waals surface area contributed by atoms with E-state index in [-0.39, 0.29) is 16.5 Å². The second-order valence-corrected chi connectivity index (χ2v) is 9.94. The van der Waals surface area contributed by atoms with Crippen molar-refractivity contribution in [3.63, 3.8) is 0 Å². The Labute approximate surface area is 161 Å². The average Bonchev–Trinajstić information content (AvgIpc) is 2.94. The highest BCUT2D eigenvalue weighted by Crippen LogP contribution is 2.27. The third kappa shape index (κ3) is 4.02. The SMILES string of the molecule is O=C(O)c1cc(Cl)ccc1S(=O)(=O)Nc1ccc(N2CCCS2(=O)=O)cc1. The zero-order valence-electron chi connectivity index (χ0n) is 13.8. The van der Waals surface area contributed by atoms with Crippen molar-refractivity contribution in [2.24, 2.45) is 0 Å². The first-order valence-corrected chi connectivity index (χ1v) is 11.2. The Morgan fingerprint density at radius 2 is 1.81 bits per heavy atom. The summed E-state index contributed by atoms with van der Waals surface area (Å²) in [5, 5.41) is 9.31. The lowest BCUT2D eigenvalue weighted by Gasteiger charge is -2.17. The third-order valence-corrected chi connectivity index (χ3v) is 7.51. The van der Waals surface area contributed by atoms with Crippen molar-refractivity contribution < 1.29 is 26.7 Å². The fourth-order valence-corrected chi connectivity index (χ4v) is 5.71. The molecule has 1 fully saturated rings. The van der Waals surface area contributed by atoms with Gasteiger partial charge in [-0.1, -0.05) is 11.6 Å². The first kappa shape index (κ1) is 19.5. The number of nitrogens with zero attached hydrogens (tertiary/aromatic N) is 1. The molecule has 3 rings (SSSR count). The van der Waals surface area contributed by atoms with Crippen molar-refractivity contribution in [1.82, 2.24) is 0 Å². The summed E-state index contributed by atoms with van der Waals surface area (Å²) in [6.45, 7) is 0.375. The van der Waals surface area contributed by atoms with Gasteiger partial charge in [0.25, 0.3) is 10.0 Å². The van der Waals surface area contributed by atoms with Crippen LogP contribution in [0.3, 0.4) is 0 Å². The van der Waals surface area contributed by atoms with Crippen molar-refractivity contribution in [1.29, 1.82) is 0 Å². The molecule has 0 spiro atoms. The molecule has 2 N–H and O–H groups in total. The highest BCUT2D eigenvalue weighted by atomic mass is 35.5. The van der Waals surface area contributed by atoms with Crippen molar-refractivity contribution in [2.75, 3.05) is 21.3 Å². The molecule has 0 unspecified atom stereocenters. The Kier molecular flexibility index (Phi) is 5.06. The van der Waals surface area contributed by atoms with E-state index in [0.717, 1.165) is 12.1 Å². The molecule has 0 saturated carbocycles. The molecule has 144 valence electrons. The third-order valence-electron chi connectivity index (χ3n) is 3.97. The summed E-state index contributed by atoms with van der Waals surface area (Å²) in [5.41, 5.74) is 0.157. The zero-order chi connectivity index (χ0) is 19.8. The lowest BCUT2D eigenvalue weighted by Crippen LogP contribution is -2.25.